The molecule has 1 heteroatoms. The summed E-state index contributed by atoms with van der Waals surface area (Å²) >= 11 is 0. The molecule has 0 N–H and O–H groups in total. The number of benzene rings is 2. The normalized spacial score (nSPS) is 13.7. The summed E-state index contributed by atoms with van der Waals surface area (Å²) in [6, 6.07) is 21.6. The molecule has 124 valence electrons. The first-order valence-corrected chi connectivity index (χ1v) is 9.02. The third-order valence-corrected chi connectivity index (χ3v) is 4.45. The van der Waals surface area contributed by atoms with Crippen LogP contribution in [0, 0.1) is 0 Å². The summed E-state index contributed by atoms with van der Waals surface area (Å²) in [5.74, 6) is 1.03. The molecule has 0 aliphatic carbocycles. The van der Waals surface area contributed by atoms with Crippen molar-refractivity contribution in [1.29, 1.82) is 0 Å². The summed E-state index contributed by atoms with van der Waals surface area (Å²) in [6.07, 6.45) is 4.77. The summed E-state index contributed by atoms with van der Waals surface area (Å²) < 4.78 is 6.17. The molecule has 0 spiro atoms. The lowest BCUT2D eigenvalue weighted by Crippen LogP contribution is -2.13. The van der Waals surface area contributed by atoms with Crippen molar-refractivity contribution >= 4 is 0 Å². The Bertz CT molecular complexity index is 471. The van der Waals surface area contributed by atoms with E-state index in [-0.39, 0.29) is 0 Å². The van der Waals surface area contributed by atoms with Gasteiger partial charge in [-0.1, -0.05) is 87.4 Å². The van der Waals surface area contributed by atoms with Gasteiger partial charge in [-0.05, 0) is 24.0 Å². The second-order valence-electron chi connectivity index (χ2n) is 6.33. The second-order valence-corrected chi connectivity index (χ2v) is 6.33. The van der Waals surface area contributed by atoms with E-state index in [4.69, 9.17) is 4.74 Å². The van der Waals surface area contributed by atoms with Crippen LogP contribution in [0.2, 0.25) is 0 Å². The van der Waals surface area contributed by atoms with Gasteiger partial charge in [0.25, 0.3) is 0 Å². The molecule has 2 unspecified atom stereocenters. The molecule has 2 aromatic carbocycles. The highest BCUT2D eigenvalue weighted by atomic mass is 16.5. The van der Waals surface area contributed by atoms with Crippen molar-refractivity contribution in [2.24, 2.45) is 0 Å². The Balaban J connectivity index is 1.92. The van der Waals surface area contributed by atoms with Gasteiger partial charge in [0, 0.05) is 11.8 Å². The maximum absolute atomic E-state index is 6.17. The summed E-state index contributed by atoms with van der Waals surface area (Å²) in [5.41, 5.74) is 2.81. The highest BCUT2D eigenvalue weighted by Gasteiger charge is 2.14. The second kappa shape index (κ2) is 10.2. The Labute approximate surface area is 141 Å². The van der Waals surface area contributed by atoms with E-state index in [2.05, 4.69) is 74.5 Å². The molecule has 2 aromatic rings. The molecule has 0 aromatic heterocycles. The molecular formula is C22H30O. The molecule has 0 fully saturated rings. The number of hydrogen-bond donors (Lipinski definition) is 0. The number of rotatable bonds is 10. The van der Waals surface area contributed by atoms with Crippen molar-refractivity contribution in [3.63, 3.8) is 0 Å². The standard InChI is InChI=1S/C22H30O/c1-3-11-21(19-13-7-5-8-14-19)17-23-18-22(12-4-2)20-15-9-6-10-16-20/h5-10,13-16,21-22H,3-4,11-12,17-18H2,1-2H3. The van der Waals surface area contributed by atoms with Crippen LogP contribution in [-0.4, -0.2) is 13.2 Å². The summed E-state index contributed by atoms with van der Waals surface area (Å²) in [4.78, 5) is 0. The lowest BCUT2D eigenvalue weighted by Gasteiger charge is -2.21. The smallest absolute Gasteiger partial charge is 0.0535 e. The van der Waals surface area contributed by atoms with Crippen molar-refractivity contribution in [2.45, 2.75) is 51.4 Å². The minimum absolute atomic E-state index is 0.513. The molecule has 0 heterocycles. The van der Waals surface area contributed by atoms with E-state index >= 15 is 0 Å². The Kier molecular flexibility index (Phi) is 7.89. The highest BCUT2D eigenvalue weighted by Crippen LogP contribution is 2.25. The van der Waals surface area contributed by atoms with Crippen LogP contribution in [0.4, 0.5) is 0 Å². The van der Waals surface area contributed by atoms with Gasteiger partial charge < -0.3 is 4.74 Å². The predicted molar refractivity (Wildman–Crippen MR) is 99.0 cm³/mol. The van der Waals surface area contributed by atoms with Gasteiger partial charge in [-0.15, -0.1) is 0 Å². The largest absolute Gasteiger partial charge is 0.380 e. The third kappa shape index (κ3) is 5.84. The molecule has 1 nitrogen and oxygen atoms in total. The molecule has 0 amide bonds. The van der Waals surface area contributed by atoms with Crippen LogP contribution < -0.4 is 0 Å². The molecule has 2 rings (SSSR count). The lowest BCUT2D eigenvalue weighted by molar-refractivity contribution is 0.102. The molecule has 0 aliphatic rings. The first-order chi connectivity index (χ1) is 11.3. The molecule has 23 heavy (non-hydrogen) atoms. The SMILES string of the molecule is CCCC(COCC(CCC)c1ccccc1)c1ccccc1. The Morgan fingerprint density at radius 1 is 0.652 bits per heavy atom. The Morgan fingerprint density at radius 2 is 1.04 bits per heavy atom. The van der Waals surface area contributed by atoms with Crippen molar-refractivity contribution in [3.8, 4) is 0 Å². The average Bonchev–Trinajstić information content (AvgIpc) is 2.61. The van der Waals surface area contributed by atoms with E-state index in [0.717, 1.165) is 13.2 Å². The molecule has 0 aliphatic heterocycles. The van der Waals surface area contributed by atoms with Crippen LogP contribution in [0.15, 0.2) is 60.7 Å². The van der Waals surface area contributed by atoms with E-state index < -0.39 is 0 Å². The zero-order valence-corrected chi connectivity index (χ0v) is 14.6. The number of hydrogen-bond acceptors (Lipinski definition) is 1. The maximum Gasteiger partial charge on any atom is 0.0535 e. The summed E-state index contributed by atoms with van der Waals surface area (Å²) in [7, 11) is 0. The van der Waals surface area contributed by atoms with Gasteiger partial charge >= 0.3 is 0 Å². The predicted octanol–water partition coefficient (Wildman–Crippen LogP) is 6.17. The highest BCUT2D eigenvalue weighted by molar-refractivity contribution is 5.20. The van der Waals surface area contributed by atoms with Crippen molar-refractivity contribution < 1.29 is 4.74 Å². The minimum Gasteiger partial charge on any atom is -0.380 e. The van der Waals surface area contributed by atoms with Crippen LogP contribution in [0.25, 0.3) is 0 Å². The van der Waals surface area contributed by atoms with Crippen LogP contribution in [0.3, 0.4) is 0 Å². The van der Waals surface area contributed by atoms with Crippen molar-refractivity contribution in [3.05, 3.63) is 71.8 Å². The maximum atomic E-state index is 6.17. The lowest BCUT2D eigenvalue weighted by atomic mass is 9.94. The van der Waals surface area contributed by atoms with Gasteiger partial charge in [0.15, 0.2) is 0 Å². The first-order valence-electron chi connectivity index (χ1n) is 9.02. The van der Waals surface area contributed by atoms with E-state index in [9.17, 15) is 0 Å². The Hall–Kier alpha value is -1.60. The van der Waals surface area contributed by atoms with Crippen LogP contribution in [-0.2, 0) is 4.74 Å². The van der Waals surface area contributed by atoms with Gasteiger partial charge in [0.1, 0.15) is 0 Å². The van der Waals surface area contributed by atoms with Gasteiger partial charge in [0.2, 0.25) is 0 Å². The minimum atomic E-state index is 0.513. The van der Waals surface area contributed by atoms with Crippen molar-refractivity contribution in [1.82, 2.24) is 0 Å². The van der Waals surface area contributed by atoms with Gasteiger partial charge in [-0.2, -0.15) is 0 Å². The average molecular weight is 310 g/mol. The van der Waals surface area contributed by atoms with Crippen molar-refractivity contribution in [2.75, 3.05) is 13.2 Å². The monoisotopic (exact) mass is 310 g/mol. The molecule has 2 atom stereocenters. The molecular weight excluding hydrogens is 280 g/mol. The van der Waals surface area contributed by atoms with E-state index in [1.54, 1.807) is 0 Å². The van der Waals surface area contributed by atoms with E-state index in [1.165, 1.54) is 36.8 Å². The third-order valence-electron chi connectivity index (χ3n) is 4.45. The van der Waals surface area contributed by atoms with E-state index in [1.807, 2.05) is 0 Å². The summed E-state index contributed by atoms with van der Waals surface area (Å²) in [5, 5.41) is 0. The van der Waals surface area contributed by atoms with Crippen LogP contribution >= 0.6 is 0 Å². The van der Waals surface area contributed by atoms with Crippen LogP contribution in [0.1, 0.15) is 62.5 Å². The molecule has 0 saturated heterocycles. The Morgan fingerprint density at radius 3 is 1.39 bits per heavy atom. The summed E-state index contributed by atoms with van der Waals surface area (Å²) in [6.45, 7) is 6.15. The number of ether oxygens (including phenoxy) is 1. The quantitative estimate of drug-likeness (QED) is 0.510. The van der Waals surface area contributed by atoms with Gasteiger partial charge in [-0.3, -0.25) is 0 Å². The fourth-order valence-corrected chi connectivity index (χ4v) is 3.19. The zero-order chi connectivity index (χ0) is 16.3. The van der Waals surface area contributed by atoms with Crippen LogP contribution in [0.5, 0.6) is 0 Å². The first kappa shape index (κ1) is 17.7. The zero-order valence-electron chi connectivity index (χ0n) is 14.6. The fourth-order valence-electron chi connectivity index (χ4n) is 3.19. The van der Waals surface area contributed by atoms with Gasteiger partial charge in [-0.25, -0.2) is 0 Å². The molecule has 0 saturated carbocycles. The topological polar surface area (TPSA) is 9.23 Å². The fraction of sp³-hybridized carbons (Fsp3) is 0.455. The van der Waals surface area contributed by atoms with E-state index in [0.29, 0.717) is 11.8 Å². The molecule has 0 bridgehead atoms. The molecule has 0 radical (unpaired) electrons. The van der Waals surface area contributed by atoms with Gasteiger partial charge in [0.05, 0.1) is 13.2 Å².